The fourth-order valence-electron chi connectivity index (χ4n) is 1.44. The van der Waals surface area contributed by atoms with Gasteiger partial charge in [0.1, 0.15) is 0 Å². The maximum absolute atomic E-state index is 11.5. The largest absolute Gasteiger partial charge is 0.476 e. The summed E-state index contributed by atoms with van der Waals surface area (Å²) in [7, 11) is 0. The van der Waals surface area contributed by atoms with Crippen LogP contribution in [0.15, 0.2) is 9.90 Å². The number of amides is 2. The molecule has 2 amide bonds. The SMILES string of the molecule is Cc1noc(CNC(=O)NCCc2nc(C(=O)O)cs2)n1. The van der Waals surface area contributed by atoms with Gasteiger partial charge in [-0.25, -0.2) is 14.6 Å². The third kappa shape index (κ3) is 4.53. The Kier molecular flexibility index (Phi) is 4.82. The molecule has 0 aliphatic heterocycles. The number of carbonyl (C=O) groups excluding carboxylic acids is 1. The van der Waals surface area contributed by atoms with Gasteiger partial charge < -0.3 is 20.3 Å². The van der Waals surface area contributed by atoms with Crippen molar-refractivity contribution in [2.24, 2.45) is 0 Å². The predicted molar refractivity (Wildman–Crippen MR) is 72.1 cm³/mol. The van der Waals surface area contributed by atoms with E-state index in [1.165, 1.54) is 16.7 Å². The van der Waals surface area contributed by atoms with Crippen molar-refractivity contribution in [1.29, 1.82) is 0 Å². The van der Waals surface area contributed by atoms with E-state index in [0.717, 1.165) is 0 Å². The second-order valence-electron chi connectivity index (χ2n) is 4.03. The molecule has 0 radical (unpaired) electrons. The Morgan fingerprint density at radius 1 is 1.38 bits per heavy atom. The summed E-state index contributed by atoms with van der Waals surface area (Å²) < 4.78 is 4.85. The van der Waals surface area contributed by atoms with Gasteiger partial charge in [0.15, 0.2) is 11.5 Å². The number of rotatable bonds is 6. The average Bonchev–Trinajstić information content (AvgIpc) is 3.05. The van der Waals surface area contributed by atoms with Crippen molar-refractivity contribution >= 4 is 23.3 Å². The second-order valence-corrected chi connectivity index (χ2v) is 4.97. The molecular formula is C11H13N5O4S. The molecule has 0 atom stereocenters. The van der Waals surface area contributed by atoms with E-state index < -0.39 is 5.97 Å². The fraction of sp³-hybridized carbons (Fsp3) is 0.364. The van der Waals surface area contributed by atoms with E-state index in [-0.39, 0.29) is 18.3 Å². The molecule has 0 saturated carbocycles. The molecule has 0 fully saturated rings. The van der Waals surface area contributed by atoms with Gasteiger partial charge in [-0.05, 0) is 6.92 Å². The number of carboxylic acids is 1. The van der Waals surface area contributed by atoms with Gasteiger partial charge >= 0.3 is 12.0 Å². The Labute approximate surface area is 123 Å². The van der Waals surface area contributed by atoms with Crippen LogP contribution < -0.4 is 10.6 Å². The van der Waals surface area contributed by atoms with Gasteiger partial charge in [-0.3, -0.25) is 0 Å². The van der Waals surface area contributed by atoms with Crippen LogP contribution in [0, 0.1) is 6.92 Å². The van der Waals surface area contributed by atoms with Gasteiger partial charge in [0.2, 0.25) is 5.89 Å². The summed E-state index contributed by atoms with van der Waals surface area (Å²) in [5.74, 6) is -0.225. The first-order chi connectivity index (χ1) is 10.0. The molecule has 2 aromatic rings. The molecule has 21 heavy (non-hydrogen) atoms. The Morgan fingerprint density at radius 2 is 2.19 bits per heavy atom. The van der Waals surface area contributed by atoms with Gasteiger partial charge in [0, 0.05) is 18.3 Å². The molecule has 10 heteroatoms. The maximum Gasteiger partial charge on any atom is 0.355 e. The molecule has 2 aromatic heterocycles. The number of aryl methyl sites for hydroxylation is 1. The standard InChI is InChI=1S/C11H13N5O4S/c1-6-14-8(20-16-6)4-13-11(19)12-3-2-9-15-7(5-21-9)10(17)18/h5H,2-4H2,1H3,(H,17,18)(H2,12,13,19). The van der Waals surface area contributed by atoms with E-state index >= 15 is 0 Å². The Morgan fingerprint density at radius 3 is 2.81 bits per heavy atom. The van der Waals surface area contributed by atoms with Crippen LogP contribution in [-0.4, -0.2) is 38.8 Å². The van der Waals surface area contributed by atoms with Crippen LogP contribution in [-0.2, 0) is 13.0 Å². The summed E-state index contributed by atoms with van der Waals surface area (Å²) >= 11 is 1.25. The number of hydrogen-bond donors (Lipinski definition) is 3. The Balaban J connectivity index is 1.67. The van der Waals surface area contributed by atoms with E-state index in [1.807, 2.05) is 0 Å². The molecule has 0 spiro atoms. The molecule has 2 rings (SSSR count). The topological polar surface area (TPSA) is 130 Å². The lowest BCUT2D eigenvalue weighted by Crippen LogP contribution is -2.36. The molecule has 0 aliphatic rings. The summed E-state index contributed by atoms with van der Waals surface area (Å²) in [6.45, 7) is 2.18. The highest BCUT2D eigenvalue weighted by Crippen LogP contribution is 2.09. The zero-order valence-electron chi connectivity index (χ0n) is 11.1. The number of aromatic carboxylic acids is 1. The van der Waals surface area contributed by atoms with Gasteiger partial charge in [0.25, 0.3) is 0 Å². The lowest BCUT2D eigenvalue weighted by molar-refractivity contribution is 0.0691. The molecule has 0 aliphatic carbocycles. The summed E-state index contributed by atoms with van der Waals surface area (Å²) in [6, 6.07) is -0.374. The van der Waals surface area contributed by atoms with Crippen LogP contribution in [0.25, 0.3) is 0 Å². The van der Waals surface area contributed by atoms with Crippen LogP contribution >= 0.6 is 11.3 Å². The van der Waals surface area contributed by atoms with E-state index in [0.29, 0.717) is 29.7 Å². The third-order valence-corrected chi connectivity index (χ3v) is 3.27. The van der Waals surface area contributed by atoms with Crippen LogP contribution in [0.2, 0.25) is 0 Å². The number of hydrogen-bond acceptors (Lipinski definition) is 7. The summed E-state index contributed by atoms with van der Waals surface area (Å²) in [6.07, 6.45) is 0.463. The number of nitrogens with zero attached hydrogens (tertiary/aromatic N) is 3. The van der Waals surface area contributed by atoms with E-state index in [9.17, 15) is 9.59 Å². The van der Waals surface area contributed by atoms with Crippen molar-refractivity contribution in [3.63, 3.8) is 0 Å². The zero-order chi connectivity index (χ0) is 15.2. The van der Waals surface area contributed by atoms with Crippen molar-refractivity contribution in [1.82, 2.24) is 25.8 Å². The highest BCUT2D eigenvalue weighted by molar-refractivity contribution is 7.09. The molecule has 2 heterocycles. The lowest BCUT2D eigenvalue weighted by Gasteiger charge is -2.04. The average molecular weight is 311 g/mol. The van der Waals surface area contributed by atoms with Crippen LogP contribution in [0.4, 0.5) is 4.79 Å². The first kappa shape index (κ1) is 14.9. The number of urea groups is 1. The highest BCUT2D eigenvalue weighted by Gasteiger charge is 2.09. The second kappa shape index (κ2) is 6.79. The lowest BCUT2D eigenvalue weighted by atomic mass is 10.4. The minimum absolute atomic E-state index is 0.0196. The molecule has 9 nitrogen and oxygen atoms in total. The molecule has 0 unspecified atom stereocenters. The number of nitrogens with one attached hydrogen (secondary N) is 2. The summed E-state index contributed by atoms with van der Waals surface area (Å²) in [5, 5.41) is 19.6. The van der Waals surface area contributed by atoms with Crippen molar-refractivity contribution in [3.8, 4) is 0 Å². The van der Waals surface area contributed by atoms with Crippen molar-refractivity contribution in [3.05, 3.63) is 27.8 Å². The third-order valence-electron chi connectivity index (χ3n) is 2.37. The van der Waals surface area contributed by atoms with E-state index in [1.54, 1.807) is 6.92 Å². The Bertz CT molecular complexity index is 638. The van der Waals surface area contributed by atoms with Gasteiger partial charge in [-0.1, -0.05) is 5.16 Å². The van der Waals surface area contributed by atoms with E-state index in [2.05, 4.69) is 25.8 Å². The molecule has 3 N–H and O–H groups in total. The first-order valence-corrected chi connectivity index (χ1v) is 6.91. The smallest absolute Gasteiger partial charge is 0.355 e. The number of thiazole rings is 1. The van der Waals surface area contributed by atoms with Crippen LogP contribution in [0.3, 0.4) is 0 Å². The monoisotopic (exact) mass is 311 g/mol. The fourth-order valence-corrected chi connectivity index (χ4v) is 2.21. The van der Waals surface area contributed by atoms with Crippen LogP contribution in [0.1, 0.15) is 27.2 Å². The number of aromatic nitrogens is 3. The van der Waals surface area contributed by atoms with Crippen molar-refractivity contribution in [2.75, 3.05) is 6.54 Å². The Hall–Kier alpha value is -2.49. The van der Waals surface area contributed by atoms with Gasteiger partial charge in [-0.15, -0.1) is 11.3 Å². The molecule has 0 bridgehead atoms. The predicted octanol–water partition coefficient (Wildman–Crippen LogP) is 0.575. The summed E-state index contributed by atoms with van der Waals surface area (Å²) in [5.41, 5.74) is 0.0196. The summed E-state index contributed by atoms with van der Waals surface area (Å²) in [4.78, 5) is 30.0. The molecular weight excluding hydrogens is 298 g/mol. The minimum atomic E-state index is -1.06. The molecule has 0 saturated heterocycles. The van der Waals surface area contributed by atoms with E-state index in [4.69, 9.17) is 9.63 Å². The minimum Gasteiger partial charge on any atom is -0.476 e. The molecule has 112 valence electrons. The van der Waals surface area contributed by atoms with Crippen LogP contribution in [0.5, 0.6) is 0 Å². The number of carboxylic acid groups (broad SMARTS) is 1. The zero-order valence-corrected chi connectivity index (χ0v) is 11.9. The van der Waals surface area contributed by atoms with Gasteiger partial charge in [-0.2, -0.15) is 4.98 Å². The molecule has 0 aromatic carbocycles. The van der Waals surface area contributed by atoms with Crippen molar-refractivity contribution in [2.45, 2.75) is 19.9 Å². The van der Waals surface area contributed by atoms with Crippen molar-refractivity contribution < 1.29 is 19.2 Å². The number of carbonyl (C=O) groups is 2. The maximum atomic E-state index is 11.5. The quantitative estimate of drug-likeness (QED) is 0.711. The highest BCUT2D eigenvalue weighted by atomic mass is 32.1. The van der Waals surface area contributed by atoms with Gasteiger partial charge in [0.05, 0.1) is 11.6 Å². The first-order valence-electron chi connectivity index (χ1n) is 6.03. The normalized spacial score (nSPS) is 10.3.